The number of halogens is 2. The molecule has 2 aromatic rings. The van der Waals surface area contributed by atoms with Crippen LogP contribution in [-0.2, 0) is 9.53 Å². The molecule has 0 fully saturated rings. The Balaban J connectivity index is 2.25. The normalized spacial score (nSPS) is 11.0. The third-order valence-electron chi connectivity index (χ3n) is 4.08. The molecule has 0 aliphatic carbocycles. The highest BCUT2D eigenvalue weighted by atomic mass is 35.5. The summed E-state index contributed by atoms with van der Waals surface area (Å²) in [5, 5.41) is 14.8. The number of alkyl carbamates (subject to hydrolysis) is 1. The van der Waals surface area contributed by atoms with Crippen LogP contribution < -0.4 is 21.0 Å². The lowest BCUT2D eigenvalue weighted by Crippen LogP contribution is -2.36. The molecule has 0 aliphatic rings. The second-order valence-corrected chi connectivity index (χ2v) is 7.71. The van der Waals surface area contributed by atoms with Crippen molar-refractivity contribution in [2.45, 2.75) is 33.7 Å². The minimum Gasteiger partial charge on any atom is -0.453 e. The number of hydrogen-bond acceptors (Lipinski definition) is 8. The van der Waals surface area contributed by atoms with E-state index in [-0.39, 0.29) is 39.7 Å². The molecular weight excluding hydrogens is 473 g/mol. The maximum Gasteiger partial charge on any atom is 0.414 e. The third-order valence-corrected chi connectivity index (χ3v) is 4.64. The van der Waals surface area contributed by atoms with Gasteiger partial charge in [-0.1, -0.05) is 23.2 Å². The van der Waals surface area contributed by atoms with Gasteiger partial charge in [0.15, 0.2) is 5.75 Å². The Bertz CT molecular complexity index is 1180. The largest absolute Gasteiger partial charge is 0.453 e. The number of amides is 2. The van der Waals surface area contributed by atoms with Crippen LogP contribution in [0.1, 0.15) is 32.4 Å². The fourth-order valence-corrected chi connectivity index (χ4v) is 3.12. The number of nitrogens with one attached hydrogen (secondary N) is 2. The number of nitrogens with zero attached hydrogens (tertiary/aromatic N) is 3. The molecule has 0 saturated heterocycles. The highest BCUT2D eigenvalue weighted by Gasteiger charge is 2.17. The summed E-state index contributed by atoms with van der Waals surface area (Å²) in [4.78, 5) is 35.5. The van der Waals surface area contributed by atoms with E-state index < -0.39 is 17.7 Å². The van der Waals surface area contributed by atoms with Gasteiger partial charge in [-0.3, -0.25) is 20.3 Å². The number of carbonyl (C=O) groups is 2. The molecule has 0 radical (unpaired) electrons. The van der Waals surface area contributed by atoms with Crippen molar-refractivity contribution >= 4 is 46.6 Å². The number of ether oxygens (including phenoxy) is 2. The van der Waals surface area contributed by atoms with E-state index in [0.29, 0.717) is 11.3 Å². The first-order chi connectivity index (χ1) is 15.6. The third kappa shape index (κ3) is 6.71. The SMILES string of the molecule is CCOC(=O)NC(=O)C(C#N)=NNc1cc(Cl)c(Oc2cc(C)c(=O)n(C(C)C)c2)c(Cl)c1. The summed E-state index contributed by atoms with van der Waals surface area (Å²) in [5.41, 5.74) is 2.46. The van der Waals surface area contributed by atoms with Crippen molar-refractivity contribution in [3.05, 3.63) is 50.4 Å². The van der Waals surface area contributed by atoms with Crippen molar-refractivity contribution in [2.75, 3.05) is 12.0 Å². The van der Waals surface area contributed by atoms with Crippen LogP contribution in [0.25, 0.3) is 0 Å². The van der Waals surface area contributed by atoms with Gasteiger partial charge < -0.3 is 14.0 Å². The Kier molecular flexibility index (Phi) is 8.85. The number of rotatable bonds is 7. The molecule has 0 aliphatic heterocycles. The highest BCUT2D eigenvalue weighted by molar-refractivity contribution is 6.47. The Labute approximate surface area is 199 Å². The number of aromatic nitrogens is 1. The molecule has 0 bridgehead atoms. The van der Waals surface area contributed by atoms with Crippen molar-refractivity contribution in [3.8, 4) is 17.6 Å². The van der Waals surface area contributed by atoms with Gasteiger partial charge in [0.25, 0.3) is 11.5 Å². The quantitative estimate of drug-likeness (QED) is 0.430. The lowest BCUT2D eigenvalue weighted by atomic mass is 10.2. The van der Waals surface area contributed by atoms with Crippen molar-refractivity contribution in [1.82, 2.24) is 9.88 Å². The summed E-state index contributed by atoms with van der Waals surface area (Å²) in [6.07, 6.45) is 0.557. The van der Waals surface area contributed by atoms with Crippen LogP contribution in [0.15, 0.2) is 34.3 Å². The van der Waals surface area contributed by atoms with E-state index in [1.165, 1.54) is 16.7 Å². The van der Waals surface area contributed by atoms with E-state index in [2.05, 4.69) is 15.3 Å². The molecule has 174 valence electrons. The average molecular weight is 494 g/mol. The summed E-state index contributed by atoms with van der Waals surface area (Å²) in [7, 11) is 0. The van der Waals surface area contributed by atoms with E-state index in [9.17, 15) is 14.4 Å². The second kappa shape index (κ2) is 11.4. The molecule has 0 saturated carbocycles. The monoisotopic (exact) mass is 493 g/mol. The summed E-state index contributed by atoms with van der Waals surface area (Å²) >= 11 is 12.6. The van der Waals surface area contributed by atoms with E-state index in [0.717, 1.165) is 0 Å². The van der Waals surface area contributed by atoms with E-state index in [4.69, 9.17) is 33.2 Å². The van der Waals surface area contributed by atoms with Crippen molar-refractivity contribution in [2.24, 2.45) is 5.10 Å². The number of carbonyl (C=O) groups excluding carboxylic acids is 2. The molecule has 1 aromatic heterocycles. The summed E-state index contributed by atoms with van der Waals surface area (Å²) in [6.45, 7) is 7.03. The summed E-state index contributed by atoms with van der Waals surface area (Å²) in [5.74, 6) is -0.538. The zero-order valence-corrected chi connectivity index (χ0v) is 19.7. The minimum absolute atomic E-state index is 0.0554. The Hall–Kier alpha value is -3.55. The van der Waals surface area contributed by atoms with Crippen LogP contribution in [0.4, 0.5) is 10.5 Å². The zero-order valence-electron chi connectivity index (χ0n) is 18.2. The lowest BCUT2D eigenvalue weighted by molar-refractivity contribution is -0.114. The number of pyridine rings is 1. The predicted molar refractivity (Wildman–Crippen MR) is 124 cm³/mol. The van der Waals surface area contributed by atoms with Gasteiger partial charge in [-0.05, 0) is 45.9 Å². The molecule has 10 nitrogen and oxygen atoms in total. The molecule has 0 spiro atoms. The van der Waals surface area contributed by atoms with Gasteiger partial charge >= 0.3 is 6.09 Å². The first kappa shape index (κ1) is 25.7. The molecule has 0 unspecified atom stereocenters. The Morgan fingerprint density at radius 1 is 1.24 bits per heavy atom. The van der Waals surface area contributed by atoms with E-state index >= 15 is 0 Å². The molecule has 2 amide bonds. The Morgan fingerprint density at radius 2 is 1.88 bits per heavy atom. The number of anilines is 1. The van der Waals surface area contributed by atoms with E-state index in [1.807, 2.05) is 19.2 Å². The molecule has 0 atom stereocenters. The van der Waals surface area contributed by atoms with Crippen LogP contribution in [0.2, 0.25) is 10.0 Å². The van der Waals surface area contributed by atoms with Crippen LogP contribution in [-0.4, -0.2) is 28.9 Å². The Morgan fingerprint density at radius 3 is 2.42 bits per heavy atom. The number of hydrogen-bond donors (Lipinski definition) is 2. The molecule has 2 rings (SSSR count). The molecule has 1 aromatic carbocycles. The predicted octanol–water partition coefficient (Wildman–Crippen LogP) is 4.40. The van der Waals surface area contributed by atoms with Crippen molar-refractivity contribution < 1.29 is 19.1 Å². The zero-order chi connectivity index (χ0) is 24.7. The first-order valence-electron chi connectivity index (χ1n) is 9.68. The second-order valence-electron chi connectivity index (χ2n) is 6.89. The van der Waals surface area contributed by atoms with Gasteiger partial charge in [-0.25, -0.2) is 4.79 Å². The fourth-order valence-electron chi connectivity index (χ4n) is 2.56. The van der Waals surface area contributed by atoms with E-state index in [1.54, 1.807) is 32.2 Å². The minimum atomic E-state index is -1.05. The van der Waals surface area contributed by atoms with Gasteiger partial charge in [-0.2, -0.15) is 10.4 Å². The first-order valence-corrected chi connectivity index (χ1v) is 10.4. The van der Waals surface area contributed by atoms with Crippen LogP contribution in [0, 0.1) is 18.3 Å². The molecule has 1 heterocycles. The van der Waals surface area contributed by atoms with Crippen molar-refractivity contribution in [3.63, 3.8) is 0 Å². The topological polar surface area (TPSA) is 135 Å². The average Bonchev–Trinajstić information content (AvgIpc) is 2.73. The number of benzene rings is 1. The molecular formula is C21H21Cl2N5O5. The number of imide groups is 1. The van der Waals surface area contributed by atoms with Gasteiger partial charge in [0.2, 0.25) is 5.71 Å². The number of aryl methyl sites for hydroxylation is 1. The molecule has 12 heteroatoms. The van der Waals surface area contributed by atoms with Crippen LogP contribution >= 0.6 is 23.2 Å². The summed E-state index contributed by atoms with van der Waals surface area (Å²) in [6, 6.07) is 5.89. The van der Waals surface area contributed by atoms with Gasteiger partial charge in [0.1, 0.15) is 11.8 Å². The molecule has 2 N–H and O–H groups in total. The van der Waals surface area contributed by atoms with Crippen molar-refractivity contribution in [1.29, 1.82) is 5.26 Å². The van der Waals surface area contributed by atoms with Gasteiger partial charge in [0.05, 0.1) is 28.5 Å². The highest BCUT2D eigenvalue weighted by Crippen LogP contribution is 2.39. The van der Waals surface area contributed by atoms with Gasteiger partial charge in [0, 0.05) is 11.6 Å². The van der Waals surface area contributed by atoms with Crippen LogP contribution in [0.5, 0.6) is 11.5 Å². The number of nitriles is 1. The summed E-state index contributed by atoms with van der Waals surface area (Å²) < 4.78 is 11.9. The van der Waals surface area contributed by atoms with Gasteiger partial charge in [-0.15, -0.1) is 0 Å². The maximum absolute atomic E-state index is 12.2. The number of hydrazone groups is 1. The molecule has 33 heavy (non-hydrogen) atoms. The lowest BCUT2D eigenvalue weighted by Gasteiger charge is -2.15. The maximum atomic E-state index is 12.2. The standard InChI is InChI=1S/C21H21Cl2N5O5/c1-5-32-21(31)25-19(29)17(9-24)27-26-13-7-15(22)18(16(23)8-13)33-14-6-12(4)20(30)28(10-14)11(2)3/h6-8,10-11,26H,5H2,1-4H3,(H,25,29,31). The smallest absolute Gasteiger partial charge is 0.414 e. The fraction of sp³-hybridized carbons (Fsp3) is 0.286. The van der Waals surface area contributed by atoms with Crippen LogP contribution in [0.3, 0.4) is 0 Å².